The third kappa shape index (κ3) is 5.73. The number of nitrogens with zero attached hydrogens (tertiary/aromatic N) is 4. The molecule has 1 atom stereocenters. The second kappa shape index (κ2) is 11.8. The summed E-state index contributed by atoms with van der Waals surface area (Å²) in [7, 11) is 1.59. The van der Waals surface area contributed by atoms with Gasteiger partial charge in [-0.2, -0.15) is 0 Å². The van der Waals surface area contributed by atoms with Gasteiger partial charge in [0.15, 0.2) is 0 Å². The molecule has 6 rings (SSSR count). The molecule has 0 bridgehead atoms. The predicted octanol–water partition coefficient (Wildman–Crippen LogP) is 5.80. The Bertz CT molecular complexity index is 1750. The normalized spacial score (nSPS) is 16.0. The Morgan fingerprint density at radius 2 is 1.72 bits per heavy atom. The summed E-state index contributed by atoms with van der Waals surface area (Å²) in [6.07, 6.45) is 2.66. The molecule has 0 unspecified atom stereocenters. The van der Waals surface area contributed by atoms with E-state index in [0.717, 1.165) is 35.1 Å². The molecule has 0 saturated heterocycles. The van der Waals surface area contributed by atoms with Gasteiger partial charge in [0.25, 0.3) is 17.4 Å². The average Bonchev–Trinajstić information content (AvgIpc) is 3.85. The van der Waals surface area contributed by atoms with Gasteiger partial charge in [-0.1, -0.05) is 34.1 Å². The van der Waals surface area contributed by atoms with Gasteiger partial charge in [0.2, 0.25) is 5.95 Å². The van der Waals surface area contributed by atoms with E-state index in [2.05, 4.69) is 26.1 Å². The molecular formula is C34H34BrN5O3. The maximum atomic E-state index is 14.4. The first kappa shape index (κ1) is 28.9. The Morgan fingerprint density at radius 1 is 1.02 bits per heavy atom. The van der Waals surface area contributed by atoms with Gasteiger partial charge in [0, 0.05) is 46.5 Å². The number of carbonyl (C=O) groups is 2. The van der Waals surface area contributed by atoms with Crippen LogP contribution in [0.5, 0.6) is 0 Å². The highest BCUT2D eigenvalue weighted by atomic mass is 79.9. The van der Waals surface area contributed by atoms with E-state index < -0.39 is 0 Å². The molecule has 9 heteroatoms. The van der Waals surface area contributed by atoms with Gasteiger partial charge in [0.1, 0.15) is 0 Å². The van der Waals surface area contributed by atoms with Gasteiger partial charge >= 0.3 is 0 Å². The molecule has 0 spiro atoms. The summed E-state index contributed by atoms with van der Waals surface area (Å²) in [5, 5.41) is 2.65. The second-order valence-corrected chi connectivity index (χ2v) is 12.3. The van der Waals surface area contributed by atoms with Crippen LogP contribution in [-0.2, 0) is 13.0 Å². The van der Waals surface area contributed by atoms with Crippen molar-refractivity contribution in [3.05, 3.63) is 116 Å². The topological polar surface area (TPSA) is 87.5 Å². The number of benzene rings is 3. The van der Waals surface area contributed by atoms with Crippen molar-refractivity contribution in [1.29, 1.82) is 0 Å². The molecule has 43 heavy (non-hydrogen) atoms. The molecular weight excluding hydrogens is 606 g/mol. The largest absolute Gasteiger partial charge is 0.355 e. The Morgan fingerprint density at radius 3 is 2.37 bits per heavy atom. The Balaban J connectivity index is 1.48. The van der Waals surface area contributed by atoms with Gasteiger partial charge in [-0.3, -0.25) is 14.4 Å². The van der Waals surface area contributed by atoms with E-state index in [1.54, 1.807) is 35.9 Å². The molecule has 1 aromatic heterocycles. The summed E-state index contributed by atoms with van der Waals surface area (Å²) in [5.41, 5.74) is 4.77. The van der Waals surface area contributed by atoms with Crippen LogP contribution in [0.1, 0.15) is 57.3 Å². The van der Waals surface area contributed by atoms with E-state index >= 15 is 0 Å². The Labute approximate surface area is 259 Å². The fourth-order valence-corrected chi connectivity index (χ4v) is 5.90. The second-order valence-electron chi connectivity index (χ2n) is 11.4. The van der Waals surface area contributed by atoms with Crippen molar-refractivity contribution < 1.29 is 9.59 Å². The number of fused-ring (bicyclic) bond motifs is 1. The maximum Gasteiger partial charge on any atom is 0.263 e. The third-order valence-corrected chi connectivity index (χ3v) is 9.21. The van der Waals surface area contributed by atoms with E-state index in [4.69, 9.17) is 4.98 Å². The summed E-state index contributed by atoms with van der Waals surface area (Å²) in [6, 6.07) is 22.4. The van der Waals surface area contributed by atoms with Crippen molar-refractivity contribution in [2.24, 2.45) is 5.92 Å². The van der Waals surface area contributed by atoms with Crippen LogP contribution >= 0.6 is 15.9 Å². The standard InChI is InChI=1S/C34H34BrN5O3/c1-21-17-25(13-16-29(21)35)32(42)38-20-30-28(18-22(38)2)33(43)40(27-14-11-24(12-15-27)31(41)36-3)34(37-30)39(19-23-9-10-23)26-7-5-4-6-8-26/h4-8,11-17,22-23H,9-10,18-20H2,1-3H3,(H,36,41)/t22-/m1/s1. The van der Waals surface area contributed by atoms with Crippen molar-refractivity contribution >= 4 is 39.4 Å². The molecule has 1 fully saturated rings. The zero-order valence-corrected chi connectivity index (χ0v) is 26.1. The molecule has 2 aliphatic rings. The minimum absolute atomic E-state index is 0.0797. The van der Waals surface area contributed by atoms with Crippen LogP contribution in [0.25, 0.3) is 5.69 Å². The van der Waals surface area contributed by atoms with E-state index in [-0.39, 0.29) is 30.0 Å². The molecule has 1 aliphatic carbocycles. The van der Waals surface area contributed by atoms with Crippen LogP contribution in [0.15, 0.2) is 82.1 Å². The van der Waals surface area contributed by atoms with Crippen molar-refractivity contribution in [3.63, 3.8) is 0 Å². The molecule has 1 N–H and O–H groups in total. The number of para-hydroxylation sites is 1. The number of anilines is 2. The molecule has 220 valence electrons. The number of rotatable bonds is 7. The van der Waals surface area contributed by atoms with Crippen LogP contribution in [0, 0.1) is 12.8 Å². The Kier molecular flexibility index (Phi) is 7.92. The molecule has 2 amide bonds. The van der Waals surface area contributed by atoms with Crippen LogP contribution in [0.4, 0.5) is 11.6 Å². The minimum atomic E-state index is -0.193. The van der Waals surface area contributed by atoms with Crippen LogP contribution in [0.3, 0.4) is 0 Å². The number of halogens is 1. The first-order valence-electron chi connectivity index (χ1n) is 14.6. The molecule has 0 radical (unpaired) electrons. The zero-order chi connectivity index (χ0) is 30.2. The number of aryl methyl sites for hydroxylation is 1. The lowest BCUT2D eigenvalue weighted by atomic mass is 9.98. The SMILES string of the molecule is CNC(=O)c1ccc(-n2c(N(CC3CC3)c3ccccc3)nc3c(c2=O)C[C@@H](C)N(C(=O)c2ccc(Br)c(C)c2)C3)cc1. The Hall–Kier alpha value is -4.24. The molecule has 1 aliphatic heterocycles. The first-order chi connectivity index (χ1) is 20.7. The number of carbonyl (C=O) groups excluding carboxylic acids is 2. The van der Waals surface area contributed by atoms with Crippen molar-refractivity contribution in [2.75, 3.05) is 18.5 Å². The smallest absolute Gasteiger partial charge is 0.263 e. The van der Waals surface area contributed by atoms with E-state index in [0.29, 0.717) is 46.4 Å². The monoisotopic (exact) mass is 639 g/mol. The molecule has 4 aromatic rings. The minimum Gasteiger partial charge on any atom is -0.355 e. The van der Waals surface area contributed by atoms with Crippen molar-refractivity contribution in [3.8, 4) is 5.69 Å². The highest BCUT2D eigenvalue weighted by Gasteiger charge is 2.34. The highest BCUT2D eigenvalue weighted by Crippen LogP contribution is 2.36. The van der Waals surface area contributed by atoms with Gasteiger partial charge in [-0.15, -0.1) is 0 Å². The van der Waals surface area contributed by atoms with Gasteiger partial charge in [-0.05, 0) is 99.2 Å². The first-order valence-corrected chi connectivity index (χ1v) is 15.4. The van der Waals surface area contributed by atoms with Crippen molar-refractivity contribution in [1.82, 2.24) is 19.8 Å². The molecule has 3 aromatic carbocycles. The fourth-order valence-electron chi connectivity index (χ4n) is 5.65. The van der Waals surface area contributed by atoms with E-state index in [1.807, 2.05) is 67.3 Å². The molecule has 1 saturated carbocycles. The summed E-state index contributed by atoms with van der Waals surface area (Å²) >= 11 is 3.52. The quantitative estimate of drug-likeness (QED) is 0.276. The van der Waals surface area contributed by atoms with Gasteiger partial charge in [0.05, 0.1) is 17.9 Å². The third-order valence-electron chi connectivity index (χ3n) is 8.32. The zero-order valence-electron chi connectivity index (χ0n) is 24.5. The van der Waals surface area contributed by atoms with Crippen molar-refractivity contribution in [2.45, 2.75) is 45.7 Å². The highest BCUT2D eigenvalue weighted by molar-refractivity contribution is 9.10. The summed E-state index contributed by atoms with van der Waals surface area (Å²) in [5.74, 6) is 0.748. The number of hydrogen-bond donors (Lipinski definition) is 1. The summed E-state index contributed by atoms with van der Waals surface area (Å²) in [6.45, 7) is 4.91. The van der Waals surface area contributed by atoms with Crippen LogP contribution in [0.2, 0.25) is 0 Å². The summed E-state index contributed by atoms with van der Waals surface area (Å²) < 4.78 is 2.62. The maximum absolute atomic E-state index is 14.4. The van der Waals surface area contributed by atoms with Gasteiger partial charge in [-0.25, -0.2) is 9.55 Å². The number of amides is 2. The number of hydrogen-bond acceptors (Lipinski definition) is 5. The summed E-state index contributed by atoms with van der Waals surface area (Å²) in [4.78, 5) is 49.5. The predicted molar refractivity (Wildman–Crippen MR) is 171 cm³/mol. The fraction of sp³-hybridized carbons (Fsp3) is 0.294. The van der Waals surface area contributed by atoms with Crippen LogP contribution < -0.4 is 15.8 Å². The number of nitrogens with one attached hydrogen (secondary N) is 1. The number of aromatic nitrogens is 2. The average molecular weight is 641 g/mol. The van der Waals surface area contributed by atoms with Crippen LogP contribution in [-0.4, -0.2) is 45.9 Å². The lowest BCUT2D eigenvalue weighted by Crippen LogP contribution is -2.46. The van der Waals surface area contributed by atoms with Gasteiger partial charge < -0.3 is 15.1 Å². The molecule has 8 nitrogen and oxygen atoms in total. The van der Waals surface area contributed by atoms with E-state index in [9.17, 15) is 14.4 Å². The molecule has 2 heterocycles. The lowest BCUT2D eigenvalue weighted by molar-refractivity contribution is 0.0653. The van der Waals surface area contributed by atoms with E-state index in [1.165, 1.54) is 0 Å². The lowest BCUT2D eigenvalue weighted by Gasteiger charge is -2.36.